The van der Waals surface area contributed by atoms with Crippen molar-refractivity contribution < 1.29 is 32.9 Å². The van der Waals surface area contributed by atoms with Crippen LogP contribution in [0.25, 0.3) is 12.2 Å². The van der Waals surface area contributed by atoms with Gasteiger partial charge in [-0.25, -0.2) is 4.39 Å². The summed E-state index contributed by atoms with van der Waals surface area (Å²) >= 11 is 0. The number of ether oxygens (including phenoxy) is 4. The zero-order chi connectivity index (χ0) is 28.3. The Labute approximate surface area is 229 Å². The van der Waals surface area contributed by atoms with E-state index in [9.17, 15) is 9.59 Å². The van der Waals surface area contributed by atoms with Crippen LogP contribution in [0.4, 0.5) is 4.39 Å². The molecule has 2 aromatic carbocycles. The smallest absolute Gasteiger partial charge is 0.234 e. The molecule has 0 bridgehead atoms. The summed E-state index contributed by atoms with van der Waals surface area (Å²) in [4.78, 5) is 25.9. The third kappa shape index (κ3) is 7.69. The van der Waals surface area contributed by atoms with Crippen molar-refractivity contribution in [3.8, 4) is 23.0 Å². The fraction of sp³-hybridized carbons (Fsp3) is 0.312. The van der Waals surface area contributed by atoms with Crippen molar-refractivity contribution in [1.82, 2.24) is 0 Å². The first kappa shape index (κ1) is 29.4. The molecule has 0 atom stereocenters. The molecule has 0 radical (unpaired) electrons. The van der Waals surface area contributed by atoms with Crippen LogP contribution in [0.2, 0.25) is 0 Å². The zero-order valence-corrected chi connectivity index (χ0v) is 22.8. The Hall–Kier alpha value is -4.13. The van der Waals surface area contributed by atoms with Gasteiger partial charge in [-0.05, 0) is 59.9 Å². The Morgan fingerprint density at radius 3 is 1.54 bits per heavy atom. The number of carbonyl (C=O) groups excluding carboxylic acids is 2. The number of allylic oxidation sites excluding steroid dienone is 6. The van der Waals surface area contributed by atoms with Gasteiger partial charge in [-0.3, -0.25) is 9.59 Å². The molecule has 0 aromatic heterocycles. The van der Waals surface area contributed by atoms with Gasteiger partial charge in [0.1, 0.15) is 0 Å². The van der Waals surface area contributed by atoms with Crippen LogP contribution < -0.4 is 18.9 Å². The van der Waals surface area contributed by atoms with Gasteiger partial charge in [0.05, 0.1) is 28.4 Å². The van der Waals surface area contributed by atoms with Crippen molar-refractivity contribution >= 4 is 23.7 Å². The Balaban J connectivity index is 1.70. The molecule has 1 aliphatic carbocycles. The molecule has 2 aromatic rings. The first-order chi connectivity index (χ1) is 18.8. The third-order valence-electron chi connectivity index (χ3n) is 6.69. The highest BCUT2D eigenvalue weighted by molar-refractivity contribution is 6.18. The lowest BCUT2D eigenvalue weighted by Gasteiger charge is -2.31. The Kier molecular flexibility index (Phi) is 10.7. The largest absolute Gasteiger partial charge is 0.493 e. The standard InChI is InChI=1S/C32H35FO6/c1-36-26-18-16-23(20-28(26)38-3)10-5-7-14-30(34)32(33,22-25-12-9-13-25)31(35)15-8-6-11-24-17-19-27(37-2)29(21-24)39-4/h5-8,10-11,14-21,25H,9,12-13,22H2,1-4H3/b10-5+,11-6+,14-7+,15-8+. The first-order valence-electron chi connectivity index (χ1n) is 12.8. The molecule has 0 N–H and O–H groups in total. The average molecular weight is 535 g/mol. The third-order valence-corrected chi connectivity index (χ3v) is 6.69. The Morgan fingerprint density at radius 2 is 1.18 bits per heavy atom. The molecule has 206 valence electrons. The fourth-order valence-corrected chi connectivity index (χ4v) is 4.21. The molecule has 39 heavy (non-hydrogen) atoms. The molecule has 0 saturated heterocycles. The van der Waals surface area contributed by atoms with Crippen LogP contribution in [0.3, 0.4) is 0 Å². The molecule has 7 heteroatoms. The highest BCUT2D eigenvalue weighted by Crippen LogP contribution is 2.37. The molecule has 0 aliphatic heterocycles. The van der Waals surface area contributed by atoms with Gasteiger partial charge in [-0.2, -0.15) is 0 Å². The van der Waals surface area contributed by atoms with E-state index in [1.165, 1.54) is 12.2 Å². The topological polar surface area (TPSA) is 71.1 Å². The first-order valence-corrected chi connectivity index (χ1v) is 12.8. The average Bonchev–Trinajstić information content (AvgIpc) is 2.94. The lowest BCUT2D eigenvalue weighted by Crippen LogP contribution is -2.43. The summed E-state index contributed by atoms with van der Waals surface area (Å²) in [5.41, 5.74) is -0.982. The highest BCUT2D eigenvalue weighted by Gasteiger charge is 2.45. The Bertz CT molecular complexity index is 1180. The van der Waals surface area contributed by atoms with Gasteiger partial charge in [0.2, 0.25) is 17.2 Å². The number of hydrogen-bond acceptors (Lipinski definition) is 6. The molecular formula is C32H35FO6. The van der Waals surface area contributed by atoms with Gasteiger partial charge in [0, 0.05) is 0 Å². The van der Waals surface area contributed by atoms with E-state index in [2.05, 4.69) is 0 Å². The van der Waals surface area contributed by atoms with Gasteiger partial charge in [0.25, 0.3) is 0 Å². The van der Waals surface area contributed by atoms with Gasteiger partial charge in [-0.1, -0.05) is 67.9 Å². The Morgan fingerprint density at radius 1 is 0.744 bits per heavy atom. The van der Waals surface area contributed by atoms with E-state index < -0.39 is 17.2 Å². The number of alkyl halides is 1. The summed E-state index contributed by atoms with van der Waals surface area (Å²) in [5, 5.41) is 0. The second kappa shape index (κ2) is 14.1. The summed E-state index contributed by atoms with van der Waals surface area (Å²) in [6.07, 6.45) is 14.4. The van der Waals surface area contributed by atoms with Crippen molar-refractivity contribution in [3.63, 3.8) is 0 Å². The van der Waals surface area contributed by atoms with Crippen LogP contribution in [0, 0.1) is 5.92 Å². The van der Waals surface area contributed by atoms with Gasteiger partial charge >= 0.3 is 0 Å². The molecule has 3 rings (SSSR count). The second-order valence-electron chi connectivity index (χ2n) is 9.20. The minimum absolute atomic E-state index is 0.0225. The quantitative estimate of drug-likeness (QED) is 0.155. The number of carbonyl (C=O) groups is 2. The van der Waals surface area contributed by atoms with Crippen LogP contribution in [0.15, 0.2) is 72.9 Å². The number of rotatable bonds is 14. The van der Waals surface area contributed by atoms with E-state index in [1.807, 2.05) is 12.1 Å². The molecular weight excluding hydrogens is 499 g/mol. The minimum atomic E-state index is -2.60. The predicted molar refractivity (Wildman–Crippen MR) is 151 cm³/mol. The summed E-state index contributed by atoms with van der Waals surface area (Å²) in [7, 11) is 6.20. The summed E-state index contributed by atoms with van der Waals surface area (Å²) in [6.45, 7) is 0. The molecule has 1 aliphatic rings. The summed E-state index contributed by atoms with van der Waals surface area (Å²) in [6, 6.07) is 10.8. The monoisotopic (exact) mass is 534 g/mol. The lowest BCUT2D eigenvalue weighted by molar-refractivity contribution is -0.139. The maximum absolute atomic E-state index is 16.0. The highest BCUT2D eigenvalue weighted by atomic mass is 19.1. The van der Waals surface area contributed by atoms with Gasteiger partial charge in [-0.15, -0.1) is 0 Å². The number of methoxy groups -OCH3 is 4. The minimum Gasteiger partial charge on any atom is -0.493 e. The zero-order valence-electron chi connectivity index (χ0n) is 22.8. The summed E-state index contributed by atoms with van der Waals surface area (Å²) < 4.78 is 37.0. The van der Waals surface area contributed by atoms with Crippen molar-refractivity contribution in [2.45, 2.75) is 31.4 Å². The second-order valence-corrected chi connectivity index (χ2v) is 9.20. The molecule has 0 heterocycles. The van der Waals surface area contributed by atoms with E-state index in [1.54, 1.807) is 77.0 Å². The van der Waals surface area contributed by atoms with E-state index in [0.717, 1.165) is 42.5 Å². The molecule has 0 spiro atoms. The maximum atomic E-state index is 16.0. The van der Waals surface area contributed by atoms with Crippen molar-refractivity contribution in [1.29, 1.82) is 0 Å². The van der Waals surface area contributed by atoms with Crippen molar-refractivity contribution in [2.75, 3.05) is 28.4 Å². The number of hydrogen-bond donors (Lipinski definition) is 0. The number of benzene rings is 2. The van der Waals surface area contributed by atoms with Crippen LogP contribution in [-0.4, -0.2) is 45.7 Å². The van der Waals surface area contributed by atoms with Crippen LogP contribution in [0.1, 0.15) is 36.8 Å². The van der Waals surface area contributed by atoms with Crippen LogP contribution in [0.5, 0.6) is 23.0 Å². The maximum Gasteiger partial charge on any atom is 0.234 e. The van der Waals surface area contributed by atoms with Gasteiger partial charge < -0.3 is 18.9 Å². The molecule has 6 nitrogen and oxygen atoms in total. The lowest BCUT2D eigenvalue weighted by atomic mass is 9.75. The van der Waals surface area contributed by atoms with E-state index in [4.69, 9.17) is 18.9 Å². The van der Waals surface area contributed by atoms with Crippen molar-refractivity contribution in [3.05, 3.63) is 84.0 Å². The van der Waals surface area contributed by atoms with Crippen LogP contribution in [-0.2, 0) is 9.59 Å². The van der Waals surface area contributed by atoms with Crippen molar-refractivity contribution in [2.24, 2.45) is 5.92 Å². The summed E-state index contributed by atoms with van der Waals surface area (Å²) in [5.74, 6) is 0.651. The fourth-order valence-electron chi connectivity index (χ4n) is 4.21. The molecule has 1 saturated carbocycles. The number of ketones is 2. The van der Waals surface area contributed by atoms with Gasteiger partial charge in [0.15, 0.2) is 23.0 Å². The van der Waals surface area contributed by atoms with Crippen LogP contribution >= 0.6 is 0 Å². The van der Waals surface area contributed by atoms with E-state index in [0.29, 0.717) is 23.0 Å². The molecule has 1 fully saturated rings. The van der Waals surface area contributed by atoms with E-state index >= 15 is 4.39 Å². The predicted octanol–water partition coefficient (Wildman–Crippen LogP) is 6.60. The number of halogens is 1. The van der Waals surface area contributed by atoms with E-state index in [-0.39, 0.29) is 12.3 Å². The SMILES string of the molecule is COc1ccc(/C=C/C=C/C(=O)C(F)(CC2CCC2)C(=O)/C=C/C=C/c2ccc(OC)c(OC)c2)cc1OC. The molecule has 0 unspecified atom stereocenters. The normalized spacial score (nSPS) is 14.3. The molecule has 0 amide bonds.